The van der Waals surface area contributed by atoms with Gasteiger partial charge in [-0.2, -0.15) is 0 Å². The molecule has 0 amide bonds. The average molecular weight is 292 g/mol. The fourth-order valence-electron chi connectivity index (χ4n) is 0.953. The molecule has 3 nitrogen and oxygen atoms in total. The first-order valence-corrected chi connectivity index (χ1v) is 7.05. The van der Waals surface area contributed by atoms with Gasteiger partial charge >= 0.3 is 5.97 Å². The van der Waals surface area contributed by atoms with Crippen molar-refractivity contribution < 1.29 is 9.53 Å². The molecule has 0 atom stereocenters. The van der Waals surface area contributed by atoms with Crippen molar-refractivity contribution in [3.05, 3.63) is 27.5 Å². The second kappa shape index (κ2) is 5.18. The first kappa shape index (κ1) is 11.9. The summed E-state index contributed by atoms with van der Waals surface area (Å²) in [7, 11) is 1.32. The summed E-state index contributed by atoms with van der Waals surface area (Å²) in [6.45, 7) is 0. The molecule has 0 aliphatic carbocycles. The molecule has 16 heavy (non-hydrogen) atoms. The lowest BCUT2D eigenvalue weighted by Crippen LogP contribution is -1.98. The van der Waals surface area contributed by atoms with E-state index < -0.39 is 5.97 Å². The summed E-state index contributed by atoms with van der Waals surface area (Å²) >= 11 is 10.2. The number of rotatable bonds is 3. The van der Waals surface area contributed by atoms with E-state index in [1.165, 1.54) is 30.2 Å². The number of thiophene rings is 1. The third-order valence-corrected chi connectivity index (χ3v) is 5.14. The number of esters is 1. The number of carbonyl (C=O) groups excluding carboxylic acids is 1. The number of hydrogen-bond donors (Lipinski definition) is 0. The molecule has 2 rings (SSSR count). The van der Waals surface area contributed by atoms with Crippen LogP contribution in [-0.2, 0) is 4.74 Å². The lowest BCUT2D eigenvalue weighted by Gasteiger charge is -1.92. The van der Waals surface area contributed by atoms with E-state index in [0.717, 1.165) is 8.55 Å². The van der Waals surface area contributed by atoms with Gasteiger partial charge in [0.2, 0.25) is 0 Å². The molecule has 0 saturated carbocycles. The first-order valence-electron chi connectivity index (χ1n) is 4.16. The Morgan fingerprint density at radius 3 is 3.06 bits per heavy atom. The molecule has 0 saturated heterocycles. The predicted octanol–water partition coefficient (Wildman–Crippen LogP) is 3.80. The van der Waals surface area contributed by atoms with E-state index in [1.54, 1.807) is 11.3 Å². The fourth-order valence-corrected chi connectivity index (χ4v) is 4.28. The molecule has 2 aromatic heterocycles. The monoisotopic (exact) mass is 291 g/mol. The normalized spacial score (nSPS) is 10.4. The van der Waals surface area contributed by atoms with E-state index in [-0.39, 0.29) is 5.15 Å². The predicted molar refractivity (Wildman–Crippen MR) is 66.9 cm³/mol. The van der Waals surface area contributed by atoms with Gasteiger partial charge in [-0.25, -0.2) is 9.78 Å². The third kappa shape index (κ3) is 2.57. The van der Waals surface area contributed by atoms with Crippen LogP contribution in [0.3, 0.4) is 0 Å². The molecule has 0 aliphatic heterocycles. The minimum absolute atomic E-state index is 0.205. The Balaban J connectivity index is 2.21. The molecule has 0 radical (unpaired) electrons. The number of halogens is 1. The Labute approximate surface area is 109 Å². The molecule has 2 aromatic rings. The molecule has 0 aliphatic rings. The minimum Gasteiger partial charge on any atom is -0.465 e. The van der Waals surface area contributed by atoms with E-state index in [9.17, 15) is 4.79 Å². The van der Waals surface area contributed by atoms with Crippen LogP contribution in [-0.4, -0.2) is 18.1 Å². The zero-order valence-corrected chi connectivity index (χ0v) is 11.3. The maximum atomic E-state index is 11.3. The van der Waals surface area contributed by atoms with Crippen molar-refractivity contribution >= 4 is 52.0 Å². The summed E-state index contributed by atoms with van der Waals surface area (Å²) in [5.74, 6) is -0.444. The van der Waals surface area contributed by atoms with Crippen molar-refractivity contribution in [2.45, 2.75) is 8.55 Å². The third-order valence-electron chi connectivity index (χ3n) is 1.62. The lowest BCUT2D eigenvalue weighted by atomic mass is 10.6. The van der Waals surface area contributed by atoms with Gasteiger partial charge in [0.15, 0.2) is 14.4 Å². The van der Waals surface area contributed by atoms with Gasteiger partial charge in [-0.05, 0) is 23.2 Å². The van der Waals surface area contributed by atoms with Crippen LogP contribution in [0, 0.1) is 0 Å². The van der Waals surface area contributed by atoms with E-state index >= 15 is 0 Å². The fraction of sp³-hybridized carbons (Fsp3) is 0.111. The smallest absolute Gasteiger partial charge is 0.351 e. The van der Waals surface area contributed by atoms with Crippen LogP contribution < -0.4 is 0 Å². The minimum atomic E-state index is -0.444. The quantitative estimate of drug-likeness (QED) is 0.807. The Morgan fingerprint density at radius 1 is 1.62 bits per heavy atom. The van der Waals surface area contributed by atoms with Gasteiger partial charge in [0, 0.05) is 0 Å². The van der Waals surface area contributed by atoms with Crippen molar-refractivity contribution in [1.29, 1.82) is 0 Å². The van der Waals surface area contributed by atoms with Gasteiger partial charge in [-0.1, -0.05) is 29.0 Å². The molecule has 0 N–H and O–H groups in total. The zero-order chi connectivity index (χ0) is 11.5. The van der Waals surface area contributed by atoms with Crippen LogP contribution in [0.15, 0.2) is 26.1 Å². The number of carbonyl (C=O) groups is 1. The number of ether oxygens (including phenoxy) is 1. The highest BCUT2D eigenvalue weighted by molar-refractivity contribution is 8.02. The largest absolute Gasteiger partial charge is 0.465 e. The Morgan fingerprint density at radius 2 is 2.44 bits per heavy atom. The van der Waals surface area contributed by atoms with Crippen molar-refractivity contribution in [3.8, 4) is 0 Å². The highest BCUT2D eigenvalue weighted by atomic mass is 35.5. The highest BCUT2D eigenvalue weighted by Crippen LogP contribution is 2.36. The number of hydrogen-bond acceptors (Lipinski definition) is 6. The molecule has 0 unspecified atom stereocenters. The Kier molecular flexibility index (Phi) is 3.86. The maximum Gasteiger partial charge on any atom is 0.351 e. The summed E-state index contributed by atoms with van der Waals surface area (Å²) in [5, 5.41) is 2.19. The topological polar surface area (TPSA) is 39.2 Å². The molecule has 2 heterocycles. The van der Waals surface area contributed by atoms with Gasteiger partial charge < -0.3 is 4.74 Å². The molecule has 0 spiro atoms. The van der Waals surface area contributed by atoms with E-state index in [2.05, 4.69) is 9.72 Å². The van der Waals surface area contributed by atoms with Crippen molar-refractivity contribution in [2.75, 3.05) is 7.11 Å². The molecular formula is C9H6ClNO2S3. The highest BCUT2D eigenvalue weighted by Gasteiger charge is 2.17. The van der Waals surface area contributed by atoms with Crippen LogP contribution in [0.25, 0.3) is 0 Å². The number of aromatic nitrogens is 1. The van der Waals surface area contributed by atoms with E-state index in [4.69, 9.17) is 11.6 Å². The number of nitrogens with zero attached hydrogens (tertiary/aromatic N) is 1. The van der Waals surface area contributed by atoms with Crippen LogP contribution in [0.5, 0.6) is 0 Å². The molecule has 7 heteroatoms. The molecule has 0 fully saturated rings. The zero-order valence-electron chi connectivity index (χ0n) is 8.10. The van der Waals surface area contributed by atoms with Crippen molar-refractivity contribution in [2.24, 2.45) is 0 Å². The lowest BCUT2D eigenvalue weighted by molar-refractivity contribution is 0.0606. The second-order valence-electron chi connectivity index (χ2n) is 2.63. The Bertz CT molecular complexity index is 495. The van der Waals surface area contributed by atoms with Gasteiger partial charge in [0.25, 0.3) is 0 Å². The Hall–Kier alpha value is -0.560. The summed E-state index contributed by atoms with van der Waals surface area (Å²) < 4.78 is 6.46. The molecule has 84 valence electrons. The molecular weight excluding hydrogens is 286 g/mol. The van der Waals surface area contributed by atoms with Crippen LogP contribution in [0.2, 0.25) is 5.15 Å². The molecule has 0 aromatic carbocycles. The van der Waals surface area contributed by atoms with Crippen molar-refractivity contribution in [3.63, 3.8) is 0 Å². The number of thiazole rings is 1. The van der Waals surface area contributed by atoms with Crippen LogP contribution >= 0.6 is 46.0 Å². The SMILES string of the molecule is COC(=O)c1sc(Sc2cccs2)nc1Cl. The van der Waals surface area contributed by atoms with Gasteiger partial charge in [-0.3, -0.25) is 0 Å². The van der Waals surface area contributed by atoms with Crippen molar-refractivity contribution in [1.82, 2.24) is 4.98 Å². The summed E-state index contributed by atoms with van der Waals surface area (Å²) in [6.07, 6.45) is 0. The second-order valence-corrected chi connectivity index (χ2v) is 6.48. The van der Waals surface area contributed by atoms with Gasteiger partial charge in [-0.15, -0.1) is 11.3 Å². The summed E-state index contributed by atoms with van der Waals surface area (Å²) in [4.78, 5) is 15.8. The standard InChI is InChI=1S/C9H6ClNO2S3/c1-13-8(12)6-7(10)11-9(16-6)15-5-3-2-4-14-5/h2-4H,1H3. The van der Waals surface area contributed by atoms with Crippen LogP contribution in [0.4, 0.5) is 0 Å². The van der Waals surface area contributed by atoms with E-state index in [0.29, 0.717) is 4.88 Å². The summed E-state index contributed by atoms with van der Waals surface area (Å²) in [5.41, 5.74) is 0. The average Bonchev–Trinajstić information content (AvgIpc) is 2.88. The van der Waals surface area contributed by atoms with E-state index in [1.807, 2.05) is 17.5 Å². The maximum absolute atomic E-state index is 11.3. The molecule has 0 bridgehead atoms. The van der Waals surface area contributed by atoms with Crippen LogP contribution in [0.1, 0.15) is 9.67 Å². The first-order chi connectivity index (χ1) is 7.70. The summed E-state index contributed by atoms with van der Waals surface area (Å²) in [6, 6.07) is 3.95. The van der Waals surface area contributed by atoms with Gasteiger partial charge in [0.1, 0.15) is 0 Å². The van der Waals surface area contributed by atoms with Gasteiger partial charge in [0.05, 0.1) is 11.3 Å². The number of methoxy groups -OCH3 is 1.